The molecule has 1 aliphatic rings. The number of anilines is 1. The number of rotatable bonds is 8. The third-order valence-corrected chi connectivity index (χ3v) is 5.31. The molecule has 0 saturated carbocycles. The molecule has 1 amide bonds. The average Bonchev–Trinajstić information content (AvgIpc) is 2.71. The van der Waals surface area contributed by atoms with Gasteiger partial charge in [-0.05, 0) is 30.3 Å². The van der Waals surface area contributed by atoms with Gasteiger partial charge in [-0.1, -0.05) is 41.4 Å². The van der Waals surface area contributed by atoms with E-state index in [1.807, 2.05) is 30.3 Å². The summed E-state index contributed by atoms with van der Waals surface area (Å²) >= 11 is 12.0. The minimum atomic E-state index is -0.0529. The van der Waals surface area contributed by atoms with Crippen molar-refractivity contribution in [2.45, 2.75) is 6.42 Å². The highest BCUT2D eigenvalue weighted by Crippen LogP contribution is 2.25. The predicted molar refractivity (Wildman–Crippen MR) is 115 cm³/mol. The molecule has 7 heteroatoms. The third-order valence-electron chi connectivity index (χ3n) is 4.74. The van der Waals surface area contributed by atoms with Gasteiger partial charge in [-0.25, -0.2) is 0 Å². The first-order chi connectivity index (χ1) is 13.6. The second-order valence-electron chi connectivity index (χ2n) is 6.77. The van der Waals surface area contributed by atoms with Gasteiger partial charge in [0.15, 0.2) is 0 Å². The van der Waals surface area contributed by atoms with E-state index in [0.29, 0.717) is 28.8 Å². The Morgan fingerprint density at radius 1 is 0.964 bits per heavy atom. The summed E-state index contributed by atoms with van der Waals surface area (Å²) in [5.74, 6) is 0.856. The van der Waals surface area contributed by atoms with Gasteiger partial charge in [0, 0.05) is 50.7 Å². The number of carbonyl (C=O) groups is 1. The number of carbonyl (C=O) groups excluding carboxylic acids is 1. The maximum absolute atomic E-state index is 12.2. The number of ether oxygens (including phenoxy) is 1. The lowest BCUT2D eigenvalue weighted by Crippen LogP contribution is -2.48. The maximum Gasteiger partial charge on any atom is 0.225 e. The first-order valence-corrected chi connectivity index (χ1v) is 10.2. The molecule has 28 heavy (non-hydrogen) atoms. The molecule has 150 valence electrons. The van der Waals surface area contributed by atoms with Gasteiger partial charge in [0.1, 0.15) is 12.4 Å². The van der Waals surface area contributed by atoms with Crippen molar-refractivity contribution in [1.82, 2.24) is 9.80 Å². The summed E-state index contributed by atoms with van der Waals surface area (Å²) in [7, 11) is 0. The summed E-state index contributed by atoms with van der Waals surface area (Å²) in [6.45, 7) is 6.22. The summed E-state index contributed by atoms with van der Waals surface area (Å²) in [6, 6.07) is 14.9. The van der Waals surface area contributed by atoms with Crippen molar-refractivity contribution in [2.75, 3.05) is 51.2 Å². The van der Waals surface area contributed by atoms with Gasteiger partial charge in [0.2, 0.25) is 5.91 Å². The van der Waals surface area contributed by atoms with Crippen LogP contribution in [0, 0.1) is 0 Å². The van der Waals surface area contributed by atoms with Crippen LogP contribution < -0.4 is 10.1 Å². The molecule has 0 aromatic heterocycles. The second kappa shape index (κ2) is 10.7. The SMILES string of the molecule is O=C(CCN1CCN(CCOc2ccccc2)CC1)Nc1cc(Cl)ccc1Cl. The molecule has 1 fully saturated rings. The number of hydrogen-bond donors (Lipinski definition) is 1. The zero-order chi connectivity index (χ0) is 19.8. The number of piperazine rings is 1. The smallest absolute Gasteiger partial charge is 0.225 e. The predicted octanol–water partition coefficient (Wildman–Crippen LogP) is 4.02. The Balaban J connectivity index is 1.32. The Hall–Kier alpha value is -1.79. The fourth-order valence-electron chi connectivity index (χ4n) is 3.11. The van der Waals surface area contributed by atoms with Gasteiger partial charge in [0.25, 0.3) is 0 Å². The summed E-state index contributed by atoms with van der Waals surface area (Å²) < 4.78 is 5.76. The zero-order valence-electron chi connectivity index (χ0n) is 15.7. The van der Waals surface area contributed by atoms with Gasteiger partial charge in [0.05, 0.1) is 10.7 Å². The van der Waals surface area contributed by atoms with E-state index in [9.17, 15) is 4.79 Å². The third kappa shape index (κ3) is 6.67. The lowest BCUT2D eigenvalue weighted by Gasteiger charge is -2.34. The van der Waals surface area contributed by atoms with Crippen LogP contribution in [0.2, 0.25) is 10.0 Å². The van der Waals surface area contributed by atoms with Gasteiger partial charge in [-0.15, -0.1) is 0 Å². The monoisotopic (exact) mass is 421 g/mol. The van der Waals surface area contributed by atoms with Crippen LogP contribution in [-0.2, 0) is 4.79 Å². The number of hydrogen-bond acceptors (Lipinski definition) is 4. The molecule has 3 rings (SSSR count). The highest BCUT2D eigenvalue weighted by Gasteiger charge is 2.17. The molecule has 0 unspecified atom stereocenters. The van der Waals surface area contributed by atoms with E-state index in [0.717, 1.165) is 45.0 Å². The molecule has 1 heterocycles. The van der Waals surface area contributed by atoms with Crippen LogP contribution in [0.3, 0.4) is 0 Å². The summed E-state index contributed by atoms with van der Waals surface area (Å²) in [5.41, 5.74) is 0.558. The molecule has 2 aromatic rings. The van der Waals surface area contributed by atoms with Gasteiger partial charge in [-0.3, -0.25) is 9.69 Å². The van der Waals surface area contributed by atoms with Gasteiger partial charge < -0.3 is 15.0 Å². The minimum Gasteiger partial charge on any atom is -0.492 e. The Labute approximate surface area is 176 Å². The molecular weight excluding hydrogens is 397 g/mol. The molecule has 2 aromatic carbocycles. The first-order valence-electron chi connectivity index (χ1n) is 9.47. The Morgan fingerprint density at radius 2 is 1.64 bits per heavy atom. The second-order valence-corrected chi connectivity index (χ2v) is 7.61. The molecule has 0 spiro atoms. The lowest BCUT2D eigenvalue weighted by atomic mass is 10.2. The molecule has 5 nitrogen and oxygen atoms in total. The lowest BCUT2D eigenvalue weighted by molar-refractivity contribution is -0.116. The van der Waals surface area contributed by atoms with E-state index in [1.54, 1.807) is 18.2 Å². The van der Waals surface area contributed by atoms with Crippen molar-refractivity contribution in [2.24, 2.45) is 0 Å². The van der Waals surface area contributed by atoms with Crippen LogP contribution in [0.4, 0.5) is 5.69 Å². The molecule has 0 bridgehead atoms. The fraction of sp³-hybridized carbons (Fsp3) is 0.381. The minimum absolute atomic E-state index is 0.0529. The number of nitrogens with zero attached hydrogens (tertiary/aromatic N) is 2. The Morgan fingerprint density at radius 3 is 2.36 bits per heavy atom. The molecule has 1 aliphatic heterocycles. The molecule has 0 radical (unpaired) electrons. The van der Waals surface area contributed by atoms with Crippen molar-refractivity contribution < 1.29 is 9.53 Å². The number of halogens is 2. The fourth-order valence-corrected chi connectivity index (χ4v) is 3.45. The standard InChI is InChI=1S/C21H25Cl2N3O2/c22-17-6-7-19(23)20(16-17)24-21(27)8-9-25-10-12-26(13-11-25)14-15-28-18-4-2-1-3-5-18/h1-7,16H,8-15H2,(H,24,27). The van der Waals surface area contributed by atoms with Crippen LogP contribution in [0.25, 0.3) is 0 Å². The number of benzene rings is 2. The highest BCUT2D eigenvalue weighted by molar-refractivity contribution is 6.35. The maximum atomic E-state index is 12.2. The molecule has 0 atom stereocenters. The van der Waals surface area contributed by atoms with Crippen molar-refractivity contribution >= 4 is 34.8 Å². The number of para-hydroxylation sites is 1. The van der Waals surface area contributed by atoms with E-state index in [1.165, 1.54) is 0 Å². The van der Waals surface area contributed by atoms with E-state index in [2.05, 4.69) is 15.1 Å². The molecular formula is C21H25Cl2N3O2. The van der Waals surface area contributed by atoms with Crippen LogP contribution >= 0.6 is 23.2 Å². The van der Waals surface area contributed by atoms with Gasteiger partial charge >= 0.3 is 0 Å². The largest absolute Gasteiger partial charge is 0.492 e. The van der Waals surface area contributed by atoms with Crippen LogP contribution in [-0.4, -0.2) is 61.6 Å². The quantitative estimate of drug-likeness (QED) is 0.698. The topological polar surface area (TPSA) is 44.8 Å². The Kier molecular flexibility index (Phi) is 7.98. The normalized spacial score (nSPS) is 15.4. The summed E-state index contributed by atoms with van der Waals surface area (Å²) in [4.78, 5) is 16.9. The molecule has 1 saturated heterocycles. The molecule has 0 aliphatic carbocycles. The van der Waals surface area contributed by atoms with Gasteiger partial charge in [-0.2, -0.15) is 0 Å². The zero-order valence-corrected chi connectivity index (χ0v) is 17.3. The van der Waals surface area contributed by atoms with Crippen LogP contribution in [0.15, 0.2) is 48.5 Å². The van der Waals surface area contributed by atoms with Crippen LogP contribution in [0.1, 0.15) is 6.42 Å². The summed E-state index contributed by atoms with van der Waals surface area (Å²) in [5, 5.41) is 3.87. The first kappa shape index (κ1) is 20.9. The Bertz CT molecular complexity index is 766. The van der Waals surface area contributed by atoms with E-state index in [-0.39, 0.29) is 5.91 Å². The van der Waals surface area contributed by atoms with E-state index in [4.69, 9.17) is 27.9 Å². The van der Waals surface area contributed by atoms with Crippen LogP contribution in [0.5, 0.6) is 5.75 Å². The molecule has 1 N–H and O–H groups in total. The number of nitrogens with one attached hydrogen (secondary N) is 1. The van der Waals surface area contributed by atoms with Crippen molar-refractivity contribution in [3.8, 4) is 5.75 Å². The van der Waals surface area contributed by atoms with Crippen molar-refractivity contribution in [3.63, 3.8) is 0 Å². The van der Waals surface area contributed by atoms with Crippen molar-refractivity contribution in [3.05, 3.63) is 58.6 Å². The van der Waals surface area contributed by atoms with Crippen molar-refractivity contribution in [1.29, 1.82) is 0 Å². The summed E-state index contributed by atoms with van der Waals surface area (Å²) in [6.07, 6.45) is 0.431. The number of amides is 1. The van der Waals surface area contributed by atoms with E-state index < -0.39 is 0 Å². The average molecular weight is 422 g/mol. The highest BCUT2D eigenvalue weighted by atomic mass is 35.5. The van der Waals surface area contributed by atoms with E-state index >= 15 is 0 Å².